The van der Waals surface area contributed by atoms with E-state index in [9.17, 15) is 9.59 Å². The monoisotopic (exact) mass is 368 g/mol. The van der Waals surface area contributed by atoms with E-state index in [1.165, 1.54) is 0 Å². The largest absolute Gasteiger partial charge is 0.335 e. The number of carbonyl (C=O) groups excluding carboxylic acids is 1. The van der Waals surface area contributed by atoms with Gasteiger partial charge in [-0.3, -0.25) is 14.5 Å². The first-order valence-electron chi connectivity index (χ1n) is 8.68. The van der Waals surface area contributed by atoms with Crippen LogP contribution in [0.2, 0.25) is 0 Å². The van der Waals surface area contributed by atoms with Crippen molar-refractivity contribution in [3.63, 3.8) is 0 Å². The number of thiazole rings is 1. The maximum absolute atomic E-state index is 12.8. The van der Waals surface area contributed by atoms with Crippen LogP contribution >= 0.6 is 11.3 Å². The highest BCUT2D eigenvalue weighted by Crippen LogP contribution is 2.23. The molecule has 1 unspecified atom stereocenters. The number of fused-ring (bicyclic) bond motifs is 1. The fraction of sp³-hybridized carbons (Fsp3) is 0.316. The van der Waals surface area contributed by atoms with Gasteiger partial charge in [-0.1, -0.05) is 18.2 Å². The zero-order chi connectivity index (χ0) is 18.1. The molecular weight excluding hydrogens is 348 g/mol. The van der Waals surface area contributed by atoms with Gasteiger partial charge in [0.1, 0.15) is 10.7 Å². The van der Waals surface area contributed by atoms with Crippen LogP contribution in [-0.4, -0.2) is 51.9 Å². The van der Waals surface area contributed by atoms with Crippen LogP contribution < -0.4 is 5.56 Å². The summed E-state index contributed by atoms with van der Waals surface area (Å²) >= 11 is 1.66. The zero-order valence-electron chi connectivity index (χ0n) is 14.5. The molecule has 1 fully saturated rings. The lowest BCUT2D eigenvalue weighted by Gasteiger charge is -2.37. The molecule has 3 heterocycles. The fourth-order valence-electron chi connectivity index (χ4n) is 3.41. The number of amides is 1. The van der Waals surface area contributed by atoms with Gasteiger partial charge in [0, 0.05) is 43.1 Å². The van der Waals surface area contributed by atoms with Gasteiger partial charge in [0.25, 0.3) is 11.5 Å². The van der Waals surface area contributed by atoms with Crippen molar-refractivity contribution in [3.8, 4) is 0 Å². The Kier molecular flexibility index (Phi) is 4.57. The average molecular weight is 368 g/mol. The Morgan fingerprint density at radius 2 is 2.00 bits per heavy atom. The summed E-state index contributed by atoms with van der Waals surface area (Å²) in [6.07, 6.45) is 1.83. The molecule has 2 aromatic heterocycles. The third kappa shape index (κ3) is 3.15. The van der Waals surface area contributed by atoms with Gasteiger partial charge in [0.05, 0.1) is 6.04 Å². The van der Waals surface area contributed by atoms with Gasteiger partial charge in [-0.2, -0.15) is 0 Å². The number of nitrogens with one attached hydrogen (secondary N) is 1. The first kappa shape index (κ1) is 16.9. The smallest absolute Gasteiger partial charge is 0.270 e. The molecule has 1 atom stereocenters. The second kappa shape index (κ2) is 7.01. The van der Waals surface area contributed by atoms with Crippen LogP contribution in [0.3, 0.4) is 0 Å². The first-order chi connectivity index (χ1) is 12.6. The third-order valence-electron chi connectivity index (χ3n) is 4.94. The van der Waals surface area contributed by atoms with Crippen molar-refractivity contribution in [1.82, 2.24) is 19.8 Å². The third-order valence-corrected chi connectivity index (χ3v) is 5.89. The second-order valence-corrected chi connectivity index (χ2v) is 7.40. The topological polar surface area (TPSA) is 69.3 Å². The molecule has 1 aliphatic rings. The Labute approximate surface area is 155 Å². The maximum Gasteiger partial charge on any atom is 0.270 e. The van der Waals surface area contributed by atoms with Crippen LogP contribution in [0.15, 0.2) is 46.7 Å². The molecule has 0 spiro atoms. The minimum atomic E-state index is -0.220. The lowest BCUT2D eigenvalue weighted by atomic mass is 10.1. The molecule has 0 saturated carbocycles. The molecule has 1 amide bonds. The fourth-order valence-corrected chi connectivity index (χ4v) is 4.13. The Morgan fingerprint density at radius 1 is 1.23 bits per heavy atom. The molecule has 3 aromatic rings. The minimum Gasteiger partial charge on any atom is -0.335 e. The number of hydrogen-bond acceptors (Lipinski definition) is 5. The lowest BCUT2D eigenvalue weighted by molar-refractivity contribution is 0.0576. The number of benzene rings is 1. The number of nitrogens with zero attached hydrogens (tertiary/aromatic N) is 3. The van der Waals surface area contributed by atoms with E-state index in [-0.39, 0.29) is 17.5 Å². The van der Waals surface area contributed by atoms with Gasteiger partial charge in [0.2, 0.25) is 0 Å². The highest BCUT2D eigenvalue weighted by Gasteiger charge is 2.26. The van der Waals surface area contributed by atoms with Crippen LogP contribution in [0.25, 0.3) is 10.8 Å². The minimum absolute atomic E-state index is 0.116. The Bertz CT molecular complexity index is 975. The maximum atomic E-state index is 12.8. The van der Waals surface area contributed by atoms with Crippen LogP contribution in [0.4, 0.5) is 0 Å². The van der Waals surface area contributed by atoms with Gasteiger partial charge in [-0.15, -0.1) is 11.3 Å². The van der Waals surface area contributed by atoms with Crippen LogP contribution in [0.1, 0.15) is 28.5 Å². The van der Waals surface area contributed by atoms with E-state index < -0.39 is 0 Å². The van der Waals surface area contributed by atoms with Crippen molar-refractivity contribution in [1.29, 1.82) is 0 Å². The molecule has 0 bridgehead atoms. The summed E-state index contributed by atoms with van der Waals surface area (Å²) in [6, 6.07) is 9.34. The number of aromatic amines is 1. The van der Waals surface area contributed by atoms with Crippen molar-refractivity contribution in [2.24, 2.45) is 0 Å². The molecule has 26 heavy (non-hydrogen) atoms. The van der Waals surface area contributed by atoms with Crippen molar-refractivity contribution in [3.05, 3.63) is 63.0 Å². The number of pyridine rings is 1. The van der Waals surface area contributed by atoms with Crippen LogP contribution in [0.5, 0.6) is 0 Å². The predicted octanol–water partition coefficient (Wildman–Crippen LogP) is 2.50. The van der Waals surface area contributed by atoms with Crippen molar-refractivity contribution < 1.29 is 4.79 Å². The molecule has 4 rings (SSSR count). The van der Waals surface area contributed by atoms with Crippen LogP contribution in [0, 0.1) is 0 Å². The number of piperazine rings is 1. The van der Waals surface area contributed by atoms with E-state index in [1.54, 1.807) is 23.5 Å². The first-order valence-corrected chi connectivity index (χ1v) is 9.56. The Morgan fingerprint density at radius 3 is 2.73 bits per heavy atom. The molecule has 0 radical (unpaired) electrons. The van der Waals surface area contributed by atoms with E-state index in [2.05, 4.69) is 21.8 Å². The summed E-state index contributed by atoms with van der Waals surface area (Å²) in [7, 11) is 0. The van der Waals surface area contributed by atoms with Gasteiger partial charge in [-0.25, -0.2) is 4.98 Å². The number of carbonyl (C=O) groups is 1. The quantitative estimate of drug-likeness (QED) is 0.771. The van der Waals surface area contributed by atoms with E-state index in [0.717, 1.165) is 23.5 Å². The number of rotatable bonds is 3. The molecular formula is C19H20N4O2S. The van der Waals surface area contributed by atoms with Crippen molar-refractivity contribution in [2.45, 2.75) is 13.0 Å². The summed E-state index contributed by atoms with van der Waals surface area (Å²) in [5, 5.41) is 4.48. The summed E-state index contributed by atoms with van der Waals surface area (Å²) < 4.78 is 0. The summed E-state index contributed by atoms with van der Waals surface area (Å²) in [5.41, 5.74) is 0.137. The SMILES string of the molecule is CC(c1nccs1)N1CCN(C(=O)c2cc3ccccc3c(=O)[nH]2)CC1. The molecule has 1 N–H and O–H groups in total. The van der Waals surface area contributed by atoms with Gasteiger partial charge >= 0.3 is 0 Å². The van der Waals surface area contributed by atoms with Crippen molar-refractivity contribution in [2.75, 3.05) is 26.2 Å². The van der Waals surface area contributed by atoms with E-state index in [4.69, 9.17) is 0 Å². The second-order valence-electron chi connectivity index (χ2n) is 6.47. The van der Waals surface area contributed by atoms with E-state index in [1.807, 2.05) is 34.7 Å². The van der Waals surface area contributed by atoms with Crippen molar-refractivity contribution >= 4 is 28.0 Å². The summed E-state index contributed by atoms with van der Waals surface area (Å²) in [5.74, 6) is -0.116. The molecule has 7 heteroatoms. The molecule has 0 aliphatic carbocycles. The normalized spacial score (nSPS) is 16.7. The standard InChI is InChI=1S/C19H20N4O2S/c1-13(18-20-6-11-26-18)22-7-9-23(10-8-22)19(25)16-12-14-4-2-3-5-15(14)17(24)21-16/h2-6,11-13H,7-10H2,1H3,(H,21,24). The average Bonchev–Trinajstić information content (AvgIpc) is 3.22. The zero-order valence-corrected chi connectivity index (χ0v) is 15.3. The number of H-pyrrole nitrogens is 1. The van der Waals surface area contributed by atoms with Gasteiger partial charge in [-0.05, 0) is 24.4 Å². The van der Waals surface area contributed by atoms with E-state index in [0.29, 0.717) is 24.2 Å². The highest BCUT2D eigenvalue weighted by molar-refractivity contribution is 7.09. The summed E-state index contributed by atoms with van der Waals surface area (Å²) in [4.78, 5) is 36.3. The predicted molar refractivity (Wildman–Crippen MR) is 103 cm³/mol. The van der Waals surface area contributed by atoms with Gasteiger partial charge in [0.15, 0.2) is 0 Å². The Balaban J connectivity index is 1.48. The molecule has 1 saturated heterocycles. The number of aromatic nitrogens is 2. The van der Waals surface area contributed by atoms with Gasteiger partial charge < -0.3 is 9.88 Å². The lowest BCUT2D eigenvalue weighted by Crippen LogP contribution is -2.49. The van der Waals surface area contributed by atoms with Crippen LogP contribution in [-0.2, 0) is 0 Å². The molecule has 6 nitrogen and oxygen atoms in total. The number of hydrogen-bond donors (Lipinski definition) is 1. The highest BCUT2D eigenvalue weighted by atomic mass is 32.1. The molecule has 1 aliphatic heterocycles. The van der Waals surface area contributed by atoms with E-state index >= 15 is 0 Å². The molecule has 134 valence electrons. The Hall–Kier alpha value is -2.51. The summed E-state index contributed by atoms with van der Waals surface area (Å²) in [6.45, 7) is 5.03. The molecule has 1 aromatic carbocycles.